The molecule has 0 saturated heterocycles. The minimum atomic E-state index is -0.591. The van der Waals surface area contributed by atoms with Crippen LogP contribution < -0.4 is 21.3 Å². The number of carbonyl (C=O) groups excluding carboxylic acids is 2. The van der Waals surface area contributed by atoms with Crippen molar-refractivity contribution in [1.82, 2.24) is 41.2 Å². The summed E-state index contributed by atoms with van der Waals surface area (Å²) in [7, 11) is 3.75. The summed E-state index contributed by atoms with van der Waals surface area (Å²) in [5.41, 5.74) is 4.75. The number of nitrogens with zero attached hydrogens (tertiary/aromatic N) is 2. The van der Waals surface area contributed by atoms with Gasteiger partial charge >= 0.3 is 12.2 Å². The summed E-state index contributed by atoms with van der Waals surface area (Å²) < 4.78 is 11.0. The minimum Gasteiger partial charge on any atom is -0.444 e. The third kappa shape index (κ3) is 10.4. The highest BCUT2D eigenvalue weighted by atomic mass is 16.6. The van der Waals surface area contributed by atoms with E-state index in [2.05, 4.69) is 102 Å². The van der Waals surface area contributed by atoms with Crippen LogP contribution in [0.4, 0.5) is 9.59 Å². The molecule has 0 bridgehead atoms. The Morgan fingerprint density at radius 3 is 1.48 bits per heavy atom. The summed E-state index contributed by atoms with van der Waals surface area (Å²) in [6, 6.07) is 20.5. The van der Waals surface area contributed by atoms with Gasteiger partial charge in [-0.15, -0.1) is 0 Å². The highest BCUT2D eigenvalue weighted by Gasteiger charge is 2.24. The van der Waals surface area contributed by atoms with Gasteiger partial charge in [-0.2, -0.15) is 0 Å². The van der Waals surface area contributed by atoms with E-state index in [1.54, 1.807) is 12.4 Å². The van der Waals surface area contributed by atoms with E-state index in [4.69, 9.17) is 9.47 Å². The Hall–Kier alpha value is -5.20. The van der Waals surface area contributed by atoms with Gasteiger partial charge in [-0.25, -0.2) is 19.6 Å². The summed E-state index contributed by atoms with van der Waals surface area (Å²) in [5, 5.41) is 14.4. The summed E-state index contributed by atoms with van der Waals surface area (Å²) in [6.07, 6.45) is 3.95. The molecule has 0 radical (unpaired) electrons. The van der Waals surface area contributed by atoms with E-state index in [1.165, 1.54) is 0 Å². The lowest BCUT2D eigenvalue weighted by Crippen LogP contribution is -2.36. The standard InChI is InChI=1S/C40H52N8O4/c1-39(2,3)51-37(49)47-31(17-19-41-7)35-43-23-33(45-35)26-11-9-25(10-12-26)27-13-14-29-22-30(16-15-28(29)21-27)34-24-44-36(46-34)32(18-20-42-8)48-38(50)52-40(4,5)6/h9-16,21-24,31-32,41-42H,17-20H2,1-8H3,(H,43,45)(H,44,46)(H,47,49)(H,48,50). The Morgan fingerprint density at radius 1 is 0.615 bits per heavy atom. The van der Waals surface area contributed by atoms with E-state index < -0.39 is 23.4 Å². The zero-order valence-electron chi connectivity index (χ0n) is 31.4. The Labute approximate surface area is 305 Å². The maximum atomic E-state index is 12.5. The van der Waals surface area contributed by atoms with Gasteiger partial charge in [0.2, 0.25) is 0 Å². The molecule has 12 nitrogen and oxygen atoms in total. The van der Waals surface area contributed by atoms with Gasteiger partial charge < -0.3 is 40.7 Å². The average Bonchev–Trinajstić information content (AvgIpc) is 3.78. The zero-order valence-corrected chi connectivity index (χ0v) is 31.4. The molecule has 12 heteroatoms. The molecule has 276 valence electrons. The smallest absolute Gasteiger partial charge is 0.408 e. The lowest BCUT2D eigenvalue weighted by molar-refractivity contribution is 0.0487. The summed E-state index contributed by atoms with van der Waals surface area (Å²) in [4.78, 5) is 41.1. The highest BCUT2D eigenvalue weighted by molar-refractivity contribution is 5.90. The van der Waals surface area contributed by atoms with Crippen molar-refractivity contribution in [3.8, 4) is 33.6 Å². The first kappa shape index (κ1) is 38.0. The fraction of sp³-hybridized carbons (Fsp3) is 0.400. The van der Waals surface area contributed by atoms with Crippen LogP contribution in [0.5, 0.6) is 0 Å². The molecule has 0 fully saturated rings. The number of aromatic amines is 2. The lowest BCUT2D eigenvalue weighted by Gasteiger charge is -2.23. The van der Waals surface area contributed by atoms with Crippen molar-refractivity contribution in [3.63, 3.8) is 0 Å². The number of ether oxygens (including phenoxy) is 2. The van der Waals surface area contributed by atoms with Crippen molar-refractivity contribution in [2.24, 2.45) is 0 Å². The number of alkyl carbamates (subject to hydrolysis) is 2. The number of hydrogen-bond donors (Lipinski definition) is 6. The van der Waals surface area contributed by atoms with E-state index in [1.807, 2.05) is 55.6 Å². The van der Waals surface area contributed by atoms with Crippen molar-refractivity contribution in [2.45, 2.75) is 77.7 Å². The highest BCUT2D eigenvalue weighted by Crippen LogP contribution is 2.30. The molecular formula is C40H52N8O4. The van der Waals surface area contributed by atoms with Crippen LogP contribution in [0.1, 0.15) is 78.1 Å². The number of rotatable bonds is 13. The monoisotopic (exact) mass is 708 g/mol. The Morgan fingerprint density at radius 2 is 1.02 bits per heavy atom. The first-order chi connectivity index (χ1) is 24.7. The molecule has 2 heterocycles. The Bertz CT molecular complexity index is 1950. The summed E-state index contributed by atoms with van der Waals surface area (Å²) in [5.74, 6) is 1.35. The number of hydrogen-bond acceptors (Lipinski definition) is 8. The molecule has 2 unspecified atom stereocenters. The molecular weight excluding hydrogens is 656 g/mol. The van der Waals surface area contributed by atoms with E-state index in [0.717, 1.165) is 44.4 Å². The number of imidazole rings is 2. The van der Waals surface area contributed by atoms with Crippen LogP contribution in [-0.4, -0.2) is 70.5 Å². The fourth-order valence-corrected chi connectivity index (χ4v) is 5.79. The predicted octanol–water partition coefficient (Wildman–Crippen LogP) is 7.64. The zero-order chi connectivity index (χ0) is 37.5. The largest absolute Gasteiger partial charge is 0.444 e. The average molecular weight is 709 g/mol. The molecule has 3 aromatic carbocycles. The molecule has 5 aromatic rings. The number of carbonyl (C=O) groups is 2. The second-order valence-electron chi connectivity index (χ2n) is 14.9. The van der Waals surface area contributed by atoms with Crippen molar-refractivity contribution in [2.75, 3.05) is 27.2 Å². The molecule has 0 aliphatic carbocycles. The predicted molar refractivity (Wildman–Crippen MR) is 206 cm³/mol. The van der Waals surface area contributed by atoms with E-state index >= 15 is 0 Å². The SMILES string of the molecule is CNCCC(NC(=O)OC(C)(C)C)c1ncc(-c2ccc(-c3ccc4cc(-c5cnc(C(CCNC)NC(=O)OC(C)(C)C)[nH]5)ccc4c3)cc2)[nH]1. The number of benzene rings is 3. The van der Waals surface area contributed by atoms with Crippen molar-refractivity contribution < 1.29 is 19.1 Å². The maximum Gasteiger partial charge on any atom is 0.408 e. The second-order valence-corrected chi connectivity index (χ2v) is 14.9. The number of H-pyrrole nitrogens is 2. The van der Waals surface area contributed by atoms with Crippen LogP contribution >= 0.6 is 0 Å². The van der Waals surface area contributed by atoms with Gasteiger partial charge in [-0.1, -0.05) is 48.5 Å². The first-order valence-electron chi connectivity index (χ1n) is 17.7. The number of nitrogens with one attached hydrogen (secondary N) is 6. The van der Waals surface area contributed by atoms with Gasteiger partial charge in [-0.05, 0) is 121 Å². The Kier molecular flexibility index (Phi) is 12.0. The number of amides is 2. The van der Waals surface area contributed by atoms with Gasteiger partial charge in [-0.3, -0.25) is 0 Å². The molecule has 0 aliphatic heterocycles. The molecule has 52 heavy (non-hydrogen) atoms. The number of aromatic nitrogens is 4. The van der Waals surface area contributed by atoms with E-state index in [-0.39, 0.29) is 12.1 Å². The third-order valence-corrected chi connectivity index (χ3v) is 8.28. The lowest BCUT2D eigenvalue weighted by atomic mass is 9.98. The van der Waals surface area contributed by atoms with Crippen molar-refractivity contribution in [3.05, 3.63) is 84.7 Å². The van der Waals surface area contributed by atoms with Gasteiger partial charge in [0, 0.05) is 5.56 Å². The molecule has 0 saturated carbocycles. The van der Waals surface area contributed by atoms with Gasteiger partial charge in [0.1, 0.15) is 22.9 Å². The van der Waals surface area contributed by atoms with Crippen LogP contribution in [0, 0.1) is 0 Å². The van der Waals surface area contributed by atoms with Crippen molar-refractivity contribution in [1.29, 1.82) is 0 Å². The van der Waals surface area contributed by atoms with Gasteiger partial charge in [0.15, 0.2) is 0 Å². The van der Waals surface area contributed by atoms with Crippen LogP contribution in [0.15, 0.2) is 73.1 Å². The molecule has 2 atom stereocenters. The third-order valence-electron chi connectivity index (χ3n) is 8.28. The maximum absolute atomic E-state index is 12.5. The summed E-state index contributed by atoms with van der Waals surface area (Å²) >= 11 is 0. The van der Waals surface area contributed by atoms with E-state index in [9.17, 15) is 9.59 Å². The Balaban J connectivity index is 1.29. The van der Waals surface area contributed by atoms with Crippen molar-refractivity contribution >= 4 is 23.0 Å². The molecule has 2 aromatic heterocycles. The molecule has 5 rings (SSSR count). The van der Waals surface area contributed by atoms with Crippen LogP contribution in [-0.2, 0) is 9.47 Å². The topological polar surface area (TPSA) is 158 Å². The first-order valence-corrected chi connectivity index (χ1v) is 17.7. The van der Waals surface area contributed by atoms with Crippen LogP contribution in [0.2, 0.25) is 0 Å². The molecule has 0 spiro atoms. The minimum absolute atomic E-state index is 0.329. The molecule has 6 N–H and O–H groups in total. The molecule has 0 aliphatic rings. The van der Waals surface area contributed by atoms with Gasteiger partial charge in [0.25, 0.3) is 0 Å². The van der Waals surface area contributed by atoms with Crippen LogP contribution in [0.3, 0.4) is 0 Å². The summed E-state index contributed by atoms with van der Waals surface area (Å²) in [6.45, 7) is 12.5. The van der Waals surface area contributed by atoms with Crippen LogP contribution in [0.25, 0.3) is 44.4 Å². The normalized spacial score (nSPS) is 13.1. The second kappa shape index (κ2) is 16.4. The number of fused-ring (bicyclic) bond motifs is 1. The van der Waals surface area contributed by atoms with Gasteiger partial charge in [0.05, 0.1) is 35.9 Å². The van der Waals surface area contributed by atoms with E-state index in [0.29, 0.717) is 37.6 Å². The fourth-order valence-electron chi connectivity index (χ4n) is 5.79. The quantitative estimate of drug-likeness (QED) is 0.0729. The molecule has 2 amide bonds.